The normalized spacial score (nSPS) is 18.0. The molecule has 0 radical (unpaired) electrons. The lowest BCUT2D eigenvalue weighted by atomic mass is 9.96. The fourth-order valence-corrected chi connectivity index (χ4v) is 3.67. The molecule has 3 aromatic rings. The van der Waals surface area contributed by atoms with Crippen LogP contribution in [-0.2, 0) is 9.53 Å². The maximum atomic E-state index is 13.3. The molecule has 0 aliphatic heterocycles. The number of hydrogen-bond donors (Lipinski definition) is 0. The Labute approximate surface area is 191 Å². The van der Waals surface area contributed by atoms with Crippen molar-refractivity contribution in [2.24, 2.45) is 5.92 Å². The van der Waals surface area contributed by atoms with E-state index in [1.54, 1.807) is 30.5 Å². The number of pyridine rings is 1. The van der Waals surface area contributed by atoms with E-state index in [0.717, 1.165) is 5.57 Å². The molecule has 1 aromatic carbocycles. The quantitative estimate of drug-likeness (QED) is 0.319. The summed E-state index contributed by atoms with van der Waals surface area (Å²) in [7, 11) is 0. The molecule has 0 saturated heterocycles. The molecule has 2 atom stereocenters. The van der Waals surface area contributed by atoms with E-state index in [9.17, 15) is 9.18 Å². The van der Waals surface area contributed by atoms with Crippen molar-refractivity contribution < 1.29 is 18.4 Å². The van der Waals surface area contributed by atoms with Crippen LogP contribution < -0.4 is 0 Å². The average Bonchev–Trinajstić information content (AvgIpc) is 3.38. The van der Waals surface area contributed by atoms with Gasteiger partial charge in [0.25, 0.3) is 0 Å². The van der Waals surface area contributed by atoms with Crippen molar-refractivity contribution in [3.63, 3.8) is 0 Å². The standard InChI is InChI=1S/C26H24FN3O3/c1-16-12-20(21(13-16)25(31)32-26(2,3)4)24-29-23(30-33-24)22-11-10-18(15-28-22)9-8-17-6-5-7-19(27)14-17/h5-7,10-11,14-15,20-21H,1,12-13H2,2-4H3/t20-,21?/m1/s1. The van der Waals surface area contributed by atoms with E-state index < -0.39 is 11.5 Å². The molecular formula is C26H24FN3O3. The molecule has 2 aromatic heterocycles. The van der Waals surface area contributed by atoms with E-state index in [1.807, 2.05) is 20.8 Å². The smallest absolute Gasteiger partial charge is 0.310 e. The third kappa shape index (κ3) is 5.53. The van der Waals surface area contributed by atoms with E-state index in [4.69, 9.17) is 9.26 Å². The van der Waals surface area contributed by atoms with Gasteiger partial charge >= 0.3 is 5.97 Å². The molecule has 0 bridgehead atoms. The van der Waals surface area contributed by atoms with Crippen molar-refractivity contribution in [1.29, 1.82) is 0 Å². The van der Waals surface area contributed by atoms with E-state index in [0.29, 0.717) is 41.4 Å². The van der Waals surface area contributed by atoms with Gasteiger partial charge in [-0.15, -0.1) is 0 Å². The third-order valence-corrected chi connectivity index (χ3v) is 5.14. The lowest BCUT2D eigenvalue weighted by Crippen LogP contribution is -2.30. The first kappa shape index (κ1) is 22.4. The van der Waals surface area contributed by atoms with Crippen LogP contribution in [-0.4, -0.2) is 26.7 Å². The summed E-state index contributed by atoms with van der Waals surface area (Å²) in [4.78, 5) is 21.5. The second-order valence-electron chi connectivity index (χ2n) is 9.05. The summed E-state index contributed by atoms with van der Waals surface area (Å²) < 4.78 is 24.3. The zero-order chi connectivity index (χ0) is 23.6. The minimum atomic E-state index is -0.575. The van der Waals surface area contributed by atoms with Crippen molar-refractivity contribution >= 4 is 5.97 Å². The Kier molecular flexibility index (Phi) is 6.10. The van der Waals surface area contributed by atoms with Crippen LogP contribution in [0.2, 0.25) is 0 Å². The van der Waals surface area contributed by atoms with Crippen molar-refractivity contribution in [2.75, 3.05) is 0 Å². The van der Waals surface area contributed by atoms with Gasteiger partial charge in [0.1, 0.15) is 17.1 Å². The number of carbonyl (C=O) groups is 1. The summed E-state index contributed by atoms with van der Waals surface area (Å²) >= 11 is 0. The molecule has 168 valence electrons. The number of rotatable bonds is 3. The topological polar surface area (TPSA) is 78.1 Å². The monoisotopic (exact) mass is 445 g/mol. The molecule has 2 heterocycles. The van der Waals surface area contributed by atoms with E-state index in [2.05, 4.69) is 33.5 Å². The van der Waals surface area contributed by atoms with Gasteiger partial charge in [0.15, 0.2) is 0 Å². The van der Waals surface area contributed by atoms with Crippen molar-refractivity contribution in [3.05, 3.63) is 77.6 Å². The van der Waals surface area contributed by atoms with Crippen LogP contribution in [0.25, 0.3) is 11.5 Å². The van der Waals surface area contributed by atoms with E-state index in [-0.39, 0.29) is 17.7 Å². The van der Waals surface area contributed by atoms with Gasteiger partial charge < -0.3 is 9.26 Å². The van der Waals surface area contributed by atoms with E-state index >= 15 is 0 Å². The Balaban J connectivity index is 1.50. The fraction of sp³-hybridized carbons (Fsp3) is 0.308. The van der Waals surface area contributed by atoms with Gasteiger partial charge in [0, 0.05) is 17.3 Å². The minimum absolute atomic E-state index is 0.273. The zero-order valence-electron chi connectivity index (χ0n) is 18.8. The summed E-state index contributed by atoms with van der Waals surface area (Å²) in [5, 5.41) is 4.05. The number of esters is 1. The second kappa shape index (κ2) is 8.99. The van der Waals surface area contributed by atoms with Crippen molar-refractivity contribution in [3.8, 4) is 23.4 Å². The Morgan fingerprint density at radius 2 is 1.97 bits per heavy atom. The average molecular weight is 445 g/mol. The first-order valence-electron chi connectivity index (χ1n) is 10.6. The number of aromatic nitrogens is 3. The molecule has 1 aliphatic rings. The van der Waals surface area contributed by atoms with Crippen LogP contribution in [0.4, 0.5) is 4.39 Å². The summed E-state index contributed by atoms with van der Waals surface area (Å²) in [5.74, 6) is 5.27. The highest BCUT2D eigenvalue weighted by atomic mass is 19.1. The number of hydrogen-bond acceptors (Lipinski definition) is 6. The summed E-state index contributed by atoms with van der Waals surface area (Å²) in [5.41, 5.74) is 2.15. The Morgan fingerprint density at radius 1 is 1.18 bits per heavy atom. The van der Waals surface area contributed by atoms with Crippen molar-refractivity contribution in [2.45, 2.75) is 45.1 Å². The van der Waals surface area contributed by atoms with Crippen LogP contribution >= 0.6 is 0 Å². The minimum Gasteiger partial charge on any atom is -0.460 e. The van der Waals surface area contributed by atoms with Crippen LogP contribution in [0.5, 0.6) is 0 Å². The molecule has 0 spiro atoms. The zero-order valence-corrected chi connectivity index (χ0v) is 18.8. The lowest BCUT2D eigenvalue weighted by molar-refractivity contribution is -0.160. The summed E-state index contributed by atoms with van der Waals surface area (Å²) in [6.07, 6.45) is 2.72. The molecule has 6 nitrogen and oxygen atoms in total. The first-order chi connectivity index (χ1) is 15.7. The Bertz CT molecular complexity index is 1250. The van der Waals surface area contributed by atoms with Crippen LogP contribution in [0.3, 0.4) is 0 Å². The maximum absolute atomic E-state index is 13.3. The number of nitrogens with zero attached hydrogens (tertiary/aromatic N) is 3. The fourth-order valence-electron chi connectivity index (χ4n) is 3.67. The van der Waals surface area contributed by atoms with Gasteiger partial charge in [-0.1, -0.05) is 35.2 Å². The van der Waals surface area contributed by atoms with Gasteiger partial charge in [0.2, 0.25) is 11.7 Å². The number of halogens is 1. The Hall–Kier alpha value is -3.79. The molecule has 0 N–H and O–H groups in total. The summed E-state index contributed by atoms with van der Waals surface area (Å²) in [6, 6.07) is 9.62. The van der Waals surface area contributed by atoms with Crippen LogP contribution in [0, 0.1) is 23.6 Å². The number of carbonyl (C=O) groups excluding carboxylic acids is 1. The highest BCUT2D eigenvalue weighted by molar-refractivity contribution is 5.75. The van der Waals surface area contributed by atoms with Gasteiger partial charge in [-0.3, -0.25) is 9.78 Å². The SMILES string of the molecule is C=C1CC(C(=O)OC(C)(C)C)[C@H](c2nc(-c3ccc(C#Cc4cccc(F)c4)cn3)no2)C1. The highest BCUT2D eigenvalue weighted by Gasteiger charge is 2.41. The van der Waals surface area contributed by atoms with Gasteiger partial charge in [-0.05, 0) is 63.9 Å². The molecule has 1 aliphatic carbocycles. The largest absolute Gasteiger partial charge is 0.460 e. The van der Waals surface area contributed by atoms with Crippen molar-refractivity contribution in [1.82, 2.24) is 15.1 Å². The lowest BCUT2D eigenvalue weighted by Gasteiger charge is -2.23. The second-order valence-corrected chi connectivity index (χ2v) is 9.05. The number of allylic oxidation sites excluding steroid dienone is 1. The first-order valence-corrected chi connectivity index (χ1v) is 10.6. The third-order valence-electron chi connectivity index (χ3n) is 5.14. The molecule has 4 rings (SSSR count). The van der Waals surface area contributed by atoms with Gasteiger partial charge in [0.05, 0.1) is 11.8 Å². The molecule has 7 heteroatoms. The number of benzene rings is 1. The predicted octanol–water partition coefficient (Wildman–Crippen LogP) is 5.06. The number of ether oxygens (including phenoxy) is 1. The molecule has 0 amide bonds. The van der Waals surface area contributed by atoms with E-state index in [1.165, 1.54) is 12.1 Å². The molecule has 1 saturated carbocycles. The highest BCUT2D eigenvalue weighted by Crippen LogP contribution is 2.43. The van der Waals surface area contributed by atoms with Crippen LogP contribution in [0.1, 0.15) is 56.5 Å². The molecule has 1 unspecified atom stereocenters. The Morgan fingerprint density at radius 3 is 2.67 bits per heavy atom. The molecule has 1 fully saturated rings. The summed E-state index contributed by atoms with van der Waals surface area (Å²) in [6.45, 7) is 9.55. The predicted molar refractivity (Wildman–Crippen MR) is 120 cm³/mol. The van der Waals surface area contributed by atoms with Crippen LogP contribution in [0.15, 0.2) is 59.3 Å². The maximum Gasteiger partial charge on any atom is 0.310 e. The van der Waals surface area contributed by atoms with Gasteiger partial charge in [-0.2, -0.15) is 4.98 Å². The van der Waals surface area contributed by atoms with Gasteiger partial charge in [-0.25, -0.2) is 4.39 Å². The molecule has 33 heavy (non-hydrogen) atoms. The molecular weight excluding hydrogens is 421 g/mol.